The van der Waals surface area contributed by atoms with Crippen LogP contribution in [-0.2, 0) is 22.4 Å². The van der Waals surface area contributed by atoms with E-state index in [1.54, 1.807) is 4.90 Å². The molecule has 0 saturated heterocycles. The molecule has 2 heterocycles. The number of esters is 1. The Morgan fingerprint density at radius 1 is 1.14 bits per heavy atom. The van der Waals surface area contributed by atoms with E-state index < -0.39 is 5.97 Å². The van der Waals surface area contributed by atoms with E-state index in [9.17, 15) is 9.59 Å². The lowest BCUT2D eigenvalue weighted by molar-refractivity contribution is -0.122. The summed E-state index contributed by atoms with van der Waals surface area (Å²) in [6, 6.07) is 15.4. The smallest absolute Gasteiger partial charge is 0.339 e. The second-order valence-electron chi connectivity index (χ2n) is 7.45. The molecule has 0 bridgehead atoms. The summed E-state index contributed by atoms with van der Waals surface area (Å²) in [6.45, 7) is 5.62. The Labute approximate surface area is 170 Å². The molecule has 0 aliphatic carbocycles. The minimum absolute atomic E-state index is 0.0498. The Hall–Kier alpha value is -3.21. The maximum absolute atomic E-state index is 13.0. The number of carbonyl (C=O) groups is 2. The largest absolute Gasteiger partial charge is 0.452 e. The number of amides is 1. The van der Waals surface area contributed by atoms with Gasteiger partial charge in [0.2, 0.25) is 0 Å². The third-order valence-electron chi connectivity index (χ3n) is 5.58. The number of fused-ring (bicyclic) bond motifs is 2. The SMILES string of the molecule is CCc1nc2ccccc2c(C(=O)OCC(=O)N2c3ccccc3CC2C)c1C. The van der Waals surface area contributed by atoms with Crippen LogP contribution >= 0.6 is 0 Å². The maximum Gasteiger partial charge on any atom is 0.339 e. The van der Waals surface area contributed by atoms with Crippen LogP contribution in [0, 0.1) is 6.92 Å². The molecule has 4 rings (SSSR count). The van der Waals surface area contributed by atoms with Gasteiger partial charge in [-0.3, -0.25) is 9.78 Å². The average Bonchev–Trinajstić information content (AvgIpc) is 3.07. The lowest BCUT2D eigenvalue weighted by Gasteiger charge is -2.22. The molecule has 3 aromatic rings. The van der Waals surface area contributed by atoms with Crippen molar-refractivity contribution in [1.82, 2.24) is 4.98 Å². The number of aromatic nitrogens is 1. The van der Waals surface area contributed by atoms with Gasteiger partial charge in [-0.15, -0.1) is 0 Å². The van der Waals surface area contributed by atoms with Gasteiger partial charge >= 0.3 is 5.97 Å². The maximum atomic E-state index is 13.0. The van der Waals surface area contributed by atoms with Crippen LogP contribution in [0.25, 0.3) is 10.9 Å². The Balaban J connectivity index is 1.58. The van der Waals surface area contributed by atoms with Gasteiger partial charge in [0, 0.05) is 22.8 Å². The second-order valence-corrected chi connectivity index (χ2v) is 7.45. The number of pyridine rings is 1. The summed E-state index contributed by atoms with van der Waals surface area (Å²) in [4.78, 5) is 32.2. The van der Waals surface area contributed by atoms with Crippen molar-refractivity contribution < 1.29 is 14.3 Å². The molecule has 0 spiro atoms. The van der Waals surface area contributed by atoms with Gasteiger partial charge in [-0.2, -0.15) is 0 Å². The van der Waals surface area contributed by atoms with Crippen molar-refractivity contribution >= 4 is 28.5 Å². The second kappa shape index (κ2) is 7.66. The molecule has 1 amide bonds. The highest BCUT2D eigenvalue weighted by molar-refractivity contribution is 6.06. The van der Waals surface area contributed by atoms with Gasteiger partial charge in [0.15, 0.2) is 6.61 Å². The number of aryl methyl sites for hydroxylation is 1. The predicted molar refractivity (Wildman–Crippen MR) is 113 cm³/mol. The van der Waals surface area contributed by atoms with Crippen LogP contribution in [0.5, 0.6) is 0 Å². The fourth-order valence-corrected chi connectivity index (χ4v) is 4.18. The minimum Gasteiger partial charge on any atom is -0.452 e. The van der Waals surface area contributed by atoms with Crippen molar-refractivity contribution in [2.45, 2.75) is 39.7 Å². The van der Waals surface area contributed by atoms with Crippen LogP contribution in [0.15, 0.2) is 48.5 Å². The quantitative estimate of drug-likeness (QED) is 0.627. The van der Waals surface area contributed by atoms with Gasteiger partial charge in [0.05, 0.1) is 11.1 Å². The van der Waals surface area contributed by atoms with Crippen LogP contribution in [0.3, 0.4) is 0 Å². The first-order chi connectivity index (χ1) is 14.0. The summed E-state index contributed by atoms with van der Waals surface area (Å²) in [7, 11) is 0. The summed E-state index contributed by atoms with van der Waals surface area (Å²) < 4.78 is 5.50. The first-order valence-corrected chi connectivity index (χ1v) is 9.96. The Morgan fingerprint density at radius 3 is 2.66 bits per heavy atom. The molecule has 1 aliphatic heterocycles. The van der Waals surface area contributed by atoms with Gasteiger partial charge in [-0.1, -0.05) is 43.3 Å². The van der Waals surface area contributed by atoms with Crippen molar-refractivity contribution in [3.8, 4) is 0 Å². The number of rotatable bonds is 4. The first-order valence-electron chi connectivity index (χ1n) is 9.96. The number of nitrogens with zero attached hydrogens (tertiary/aromatic N) is 2. The van der Waals surface area contributed by atoms with E-state index in [1.165, 1.54) is 0 Å². The van der Waals surface area contributed by atoms with E-state index in [2.05, 4.69) is 4.98 Å². The summed E-state index contributed by atoms with van der Waals surface area (Å²) in [5.74, 6) is -0.688. The molecule has 5 heteroatoms. The number of hydrogen-bond acceptors (Lipinski definition) is 4. The third kappa shape index (κ3) is 3.37. The monoisotopic (exact) mass is 388 g/mol. The summed E-state index contributed by atoms with van der Waals surface area (Å²) >= 11 is 0. The number of hydrogen-bond donors (Lipinski definition) is 0. The molecule has 148 valence electrons. The zero-order chi connectivity index (χ0) is 20.5. The highest BCUT2D eigenvalue weighted by Gasteiger charge is 2.31. The van der Waals surface area contributed by atoms with Crippen LogP contribution < -0.4 is 4.90 Å². The zero-order valence-corrected chi connectivity index (χ0v) is 16.9. The number of anilines is 1. The molecule has 0 saturated carbocycles. The topological polar surface area (TPSA) is 59.5 Å². The lowest BCUT2D eigenvalue weighted by atomic mass is 10.0. The zero-order valence-electron chi connectivity index (χ0n) is 16.9. The molecular weight excluding hydrogens is 364 g/mol. The molecule has 5 nitrogen and oxygen atoms in total. The van der Waals surface area contributed by atoms with E-state index in [0.29, 0.717) is 5.56 Å². The molecule has 0 fully saturated rings. The number of benzene rings is 2. The van der Waals surface area contributed by atoms with Crippen LogP contribution in [0.1, 0.15) is 41.0 Å². The molecule has 0 N–H and O–H groups in total. The Morgan fingerprint density at radius 2 is 1.86 bits per heavy atom. The minimum atomic E-state index is -0.482. The summed E-state index contributed by atoms with van der Waals surface area (Å²) in [5, 5.41) is 0.750. The summed E-state index contributed by atoms with van der Waals surface area (Å²) in [5.41, 5.74) is 4.97. The van der Waals surface area contributed by atoms with Crippen molar-refractivity contribution in [3.05, 3.63) is 70.9 Å². The normalized spacial score (nSPS) is 15.4. The lowest BCUT2D eigenvalue weighted by Crippen LogP contribution is -2.38. The predicted octanol–water partition coefficient (Wildman–Crippen LogP) is 4.24. The molecule has 2 aromatic carbocycles. The molecule has 29 heavy (non-hydrogen) atoms. The van der Waals surface area contributed by atoms with Crippen LogP contribution in [0.2, 0.25) is 0 Å². The van der Waals surface area contributed by atoms with Crippen molar-refractivity contribution in [1.29, 1.82) is 0 Å². The van der Waals surface area contributed by atoms with Gasteiger partial charge < -0.3 is 9.64 Å². The van der Waals surface area contributed by atoms with E-state index >= 15 is 0 Å². The number of para-hydroxylation sites is 2. The Bertz CT molecular complexity index is 1110. The number of ether oxygens (including phenoxy) is 1. The van der Waals surface area contributed by atoms with Crippen molar-refractivity contribution in [2.24, 2.45) is 0 Å². The summed E-state index contributed by atoms with van der Waals surface area (Å²) in [6.07, 6.45) is 1.53. The van der Waals surface area contributed by atoms with Gasteiger partial charge in [0.1, 0.15) is 0 Å². The van der Waals surface area contributed by atoms with E-state index in [4.69, 9.17) is 4.74 Å². The number of carbonyl (C=O) groups excluding carboxylic acids is 2. The van der Waals surface area contributed by atoms with Crippen LogP contribution in [0.4, 0.5) is 5.69 Å². The van der Waals surface area contributed by atoms with Gasteiger partial charge in [-0.05, 0) is 49.9 Å². The van der Waals surface area contributed by atoms with E-state index in [1.807, 2.05) is 69.3 Å². The van der Waals surface area contributed by atoms with Crippen molar-refractivity contribution in [2.75, 3.05) is 11.5 Å². The molecule has 1 aliphatic rings. The first kappa shape index (κ1) is 19.1. The van der Waals surface area contributed by atoms with E-state index in [-0.39, 0.29) is 18.6 Å². The van der Waals surface area contributed by atoms with Gasteiger partial charge in [-0.25, -0.2) is 4.79 Å². The molecule has 1 unspecified atom stereocenters. The third-order valence-corrected chi connectivity index (χ3v) is 5.58. The van der Waals surface area contributed by atoms with E-state index in [0.717, 1.165) is 46.3 Å². The fourth-order valence-electron chi connectivity index (χ4n) is 4.18. The standard InChI is InChI=1S/C24H24N2O3/c1-4-19-16(3)23(18-10-6-7-11-20(18)25-19)24(28)29-14-22(27)26-15(2)13-17-9-5-8-12-21(17)26/h5-12,15H,4,13-14H2,1-3H3. The molecule has 1 atom stereocenters. The van der Waals surface area contributed by atoms with Gasteiger partial charge in [0.25, 0.3) is 5.91 Å². The van der Waals surface area contributed by atoms with Crippen molar-refractivity contribution in [3.63, 3.8) is 0 Å². The highest BCUT2D eigenvalue weighted by Crippen LogP contribution is 2.32. The average molecular weight is 388 g/mol. The molecular formula is C24H24N2O3. The highest BCUT2D eigenvalue weighted by atomic mass is 16.5. The van der Waals surface area contributed by atoms with Crippen LogP contribution in [-0.4, -0.2) is 29.5 Å². The molecule has 0 radical (unpaired) electrons. The fraction of sp³-hybridized carbons (Fsp3) is 0.292. The molecule has 1 aromatic heterocycles. The Kier molecular flexibility index (Phi) is 5.05.